The molecule has 0 spiro atoms. The number of fused-ring (bicyclic) bond motifs is 1. The van der Waals surface area contributed by atoms with E-state index in [2.05, 4.69) is 32.2 Å². The van der Waals surface area contributed by atoms with Gasteiger partial charge in [-0.25, -0.2) is 4.39 Å². The van der Waals surface area contributed by atoms with E-state index in [4.69, 9.17) is 14.2 Å². The summed E-state index contributed by atoms with van der Waals surface area (Å²) in [6.45, 7) is 7.79. The Bertz CT molecular complexity index is 2010. The molecule has 0 radical (unpaired) electrons. The molecular weight excluding hydrogens is 639 g/mol. The van der Waals surface area contributed by atoms with Crippen LogP contribution in [0.5, 0.6) is 23.0 Å². The topological polar surface area (TPSA) is 111 Å². The second-order valence-corrected chi connectivity index (χ2v) is 12.3. The molecule has 3 heterocycles. The van der Waals surface area contributed by atoms with Crippen molar-refractivity contribution in [3.8, 4) is 28.7 Å². The van der Waals surface area contributed by atoms with E-state index in [0.717, 1.165) is 55.5 Å². The number of benzene rings is 3. The number of carbonyl (C=O) groups excluding carboxylic acids is 1. The fourth-order valence-corrected chi connectivity index (χ4v) is 5.86. The van der Waals surface area contributed by atoms with Crippen LogP contribution in [0.25, 0.3) is 16.6 Å². The lowest BCUT2D eigenvalue weighted by atomic mass is 10.1. The number of ether oxygens (including phenoxy) is 3. The second kappa shape index (κ2) is 15.9. The standard InChI is InChI=1S/C38H41FN6O5/c1-26-22-36(46)45(42-37(26)38(47)41-14-12-27-8-5-4-6-9-27)28-10-11-33(30(39)23-28)50-32-13-15-40-31-25-35(34(48-3)24-29(31)32)49-21-7-16-44-19-17-43(2)18-20-44/h4-6,8-11,13,15,22-25H,7,12,14,16-21H2,1-3H3,(H,41,47). The molecule has 260 valence electrons. The van der Waals surface area contributed by atoms with Crippen molar-refractivity contribution in [1.29, 1.82) is 0 Å². The van der Waals surface area contributed by atoms with Crippen molar-refractivity contribution in [2.45, 2.75) is 19.8 Å². The molecule has 1 N–H and O–H groups in total. The number of hydrogen-bond donors (Lipinski definition) is 1. The van der Waals surface area contributed by atoms with Crippen LogP contribution in [-0.4, -0.2) is 90.5 Å². The third-order valence-electron chi connectivity index (χ3n) is 8.72. The van der Waals surface area contributed by atoms with Gasteiger partial charge in [0.1, 0.15) is 5.75 Å². The molecule has 5 aromatic rings. The zero-order chi connectivity index (χ0) is 35.0. The fourth-order valence-electron chi connectivity index (χ4n) is 5.86. The predicted molar refractivity (Wildman–Crippen MR) is 189 cm³/mol. The molecule has 1 saturated heterocycles. The molecule has 0 atom stereocenters. The molecule has 6 rings (SSSR count). The Hall–Kier alpha value is -5.33. The third kappa shape index (κ3) is 8.27. The summed E-state index contributed by atoms with van der Waals surface area (Å²) in [5.41, 5.74) is 1.83. The smallest absolute Gasteiger partial charge is 0.272 e. The molecule has 0 bridgehead atoms. The van der Waals surface area contributed by atoms with E-state index in [1.54, 1.807) is 38.4 Å². The number of carbonyl (C=O) groups is 1. The first-order valence-electron chi connectivity index (χ1n) is 16.7. The number of methoxy groups -OCH3 is 1. The summed E-state index contributed by atoms with van der Waals surface area (Å²) < 4.78 is 34.3. The molecule has 0 saturated carbocycles. The lowest BCUT2D eigenvalue weighted by molar-refractivity contribution is 0.0946. The number of amides is 1. The molecular formula is C38H41FN6O5. The highest BCUT2D eigenvalue weighted by atomic mass is 19.1. The molecule has 2 aromatic heterocycles. The van der Waals surface area contributed by atoms with E-state index in [1.165, 1.54) is 18.2 Å². The quantitative estimate of drug-likeness (QED) is 0.172. The molecule has 1 aliphatic heterocycles. The van der Waals surface area contributed by atoms with E-state index < -0.39 is 17.3 Å². The average molecular weight is 681 g/mol. The number of aryl methyl sites for hydroxylation is 1. The van der Waals surface area contributed by atoms with Crippen LogP contribution >= 0.6 is 0 Å². The maximum absolute atomic E-state index is 15.5. The number of rotatable bonds is 13. The molecule has 3 aromatic carbocycles. The lowest BCUT2D eigenvalue weighted by Gasteiger charge is -2.32. The second-order valence-electron chi connectivity index (χ2n) is 12.3. The van der Waals surface area contributed by atoms with Gasteiger partial charge in [0.05, 0.1) is 24.9 Å². The molecule has 1 fully saturated rings. The summed E-state index contributed by atoms with van der Waals surface area (Å²) in [5, 5.41) is 7.75. The summed E-state index contributed by atoms with van der Waals surface area (Å²) in [6.07, 6.45) is 3.10. The van der Waals surface area contributed by atoms with Gasteiger partial charge < -0.3 is 29.3 Å². The summed E-state index contributed by atoms with van der Waals surface area (Å²) in [4.78, 5) is 35.1. The lowest BCUT2D eigenvalue weighted by Crippen LogP contribution is -2.44. The van der Waals surface area contributed by atoms with Crippen molar-refractivity contribution < 1.29 is 23.4 Å². The van der Waals surface area contributed by atoms with E-state index in [1.807, 2.05) is 30.3 Å². The van der Waals surface area contributed by atoms with Gasteiger partial charge in [-0.15, -0.1) is 0 Å². The van der Waals surface area contributed by atoms with E-state index in [-0.39, 0.29) is 17.1 Å². The Labute approximate surface area is 290 Å². The van der Waals surface area contributed by atoms with Crippen LogP contribution in [0.4, 0.5) is 4.39 Å². The van der Waals surface area contributed by atoms with Crippen LogP contribution in [0.3, 0.4) is 0 Å². The first kappa shape index (κ1) is 34.5. The van der Waals surface area contributed by atoms with Gasteiger partial charge in [0, 0.05) is 69.1 Å². The molecule has 1 amide bonds. The number of nitrogens with zero attached hydrogens (tertiary/aromatic N) is 5. The number of pyridine rings is 1. The zero-order valence-electron chi connectivity index (χ0n) is 28.5. The zero-order valence-corrected chi connectivity index (χ0v) is 28.5. The van der Waals surface area contributed by atoms with Gasteiger partial charge in [-0.05, 0) is 62.2 Å². The number of piperazine rings is 1. The van der Waals surface area contributed by atoms with Crippen LogP contribution < -0.4 is 25.1 Å². The largest absolute Gasteiger partial charge is 0.493 e. The Balaban J connectivity index is 1.14. The molecule has 0 unspecified atom stereocenters. The Morgan fingerprint density at radius 1 is 0.940 bits per heavy atom. The summed E-state index contributed by atoms with van der Waals surface area (Å²) >= 11 is 0. The Morgan fingerprint density at radius 3 is 2.50 bits per heavy atom. The Kier molecular flexibility index (Phi) is 11.0. The van der Waals surface area contributed by atoms with Crippen molar-refractivity contribution in [2.24, 2.45) is 0 Å². The molecule has 12 heteroatoms. The van der Waals surface area contributed by atoms with Gasteiger partial charge >= 0.3 is 0 Å². The van der Waals surface area contributed by atoms with Crippen LogP contribution in [-0.2, 0) is 6.42 Å². The molecule has 50 heavy (non-hydrogen) atoms. The maximum atomic E-state index is 15.5. The minimum Gasteiger partial charge on any atom is -0.493 e. The minimum absolute atomic E-state index is 0.0662. The van der Waals surface area contributed by atoms with Crippen molar-refractivity contribution in [2.75, 3.05) is 60.0 Å². The highest BCUT2D eigenvalue weighted by Gasteiger charge is 2.18. The third-order valence-corrected chi connectivity index (χ3v) is 8.72. The van der Waals surface area contributed by atoms with Crippen LogP contribution in [0.15, 0.2) is 83.8 Å². The highest BCUT2D eigenvalue weighted by molar-refractivity contribution is 5.93. The highest BCUT2D eigenvalue weighted by Crippen LogP contribution is 2.37. The molecule has 1 aliphatic rings. The summed E-state index contributed by atoms with van der Waals surface area (Å²) in [5.74, 6) is 0.231. The molecule has 11 nitrogen and oxygen atoms in total. The van der Waals surface area contributed by atoms with Gasteiger partial charge in [-0.2, -0.15) is 9.78 Å². The van der Waals surface area contributed by atoms with Gasteiger partial charge in [0.25, 0.3) is 11.5 Å². The van der Waals surface area contributed by atoms with Crippen molar-refractivity contribution in [3.05, 3.63) is 112 Å². The van der Waals surface area contributed by atoms with E-state index >= 15 is 4.39 Å². The monoisotopic (exact) mass is 680 g/mol. The van der Waals surface area contributed by atoms with Crippen LogP contribution in [0.1, 0.15) is 28.0 Å². The number of aromatic nitrogens is 3. The van der Waals surface area contributed by atoms with Gasteiger partial charge in [-0.1, -0.05) is 30.3 Å². The van der Waals surface area contributed by atoms with Crippen LogP contribution in [0, 0.1) is 12.7 Å². The first-order chi connectivity index (χ1) is 24.3. The summed E-state index contributed by atoms with van der Waals surface area (Å²) in [6, 6.07) is 20.4. The SMILES string of the molecule is COc1cc2c(Oc3ccc(-n4nc(C(=O)NCCc5ccccc5)c(C)cc4=O)cc3F)ccnc2cc1OCCCN1CCN(C)CC1. The molecule has 0 aliphatic carbocycles. The summed E-state index contributed by atoms with van der Waals surface area (Å²) in [7, 11) is 3.71. The van der Waals surface area contributed by atoms with Gasteiger partial charge in [-0.3, -0.25) is 14.6 Å². The minimum atomic E-state index is -0.720. The van der Waals surface area contributed by atoms with E-state index in [9.17, 15) is 9.59 Å². The fraction of sp³-hybridized carbons (Fsp3) is 0.316. The number of nitrogens with one attached hydrogen (secondary N) is 1. The predicted octanol–water partition coefficient (Wildman–Crippen LogP) is 5.02. The Morgan fingerprint density at radius 2 is 1.74 bits per heavy atom. The van der Waals surface area contributed by atoms with E-state index in [0.29, 0.717) is 53.3 Å². The first-order valence-corrected chi connectivity index (χ1v) is 16.7. The van der Waals surface area contributed by atoms with Crippen LogP contribution in [0.2, 0.25) is 0 Å². The maximum Gasteiger partial charge on any atom is 0.272 e. The number of likely N-dealkylation sites (N-methyl/N-ethyl adjacent to an activating group) is 1. The van der Waals surface area contributed by atoms with Crippen molar-refractivity contribution in [3.63, 3.8) is 0 Å². The number of halogens is 1. The average Bonchev–Trinajstić information content (AvgIpc) is 3.12. The van der Waals surface area contributed by atoms with Crippen molar-refractivity contribution in [1.82, 2.24) is 29.9 Å². The number of hydrogen-bond acceptors (Lipinski definition) is 9. The normalized spacial score (nSPS) is 13.7. The van der Waals surface area contributed by atoms with Gasteiger partial charge in [0.15, 0.2) is 28.8 Å². The van der Waals surface area contributed by atoms with Crippen molar-refractivity contribution >= 4 is 16.8 Å². The van der Waals surface area contributed by atoms with Gasteiger partial charge in [0.2, 0.25) is 0 Å².